The Morgan fingerprint density at radius 1 is 1.21 bits per heavy atom. The van der Waals surface area contributed by atoms with E-state index in [4.69, 9.17) is 9.47 Å². The fourth-order valence-corrected chi connectivity index (χ4v) is 2.41. The number of rotatable bonds is 3. The minimum atomic E-state index is -3.82. The van der Waals surface area contributed by atoms with Crippen molar-refractivity contribution in [1.29, 1.82) is 0 Å². The fraction of sp³-hybridized carbons (Fsp3) is 0.364. The van der Waals surface area contributed by atoms with Gasteiger partial charge in [-0.25, -0.2) is 8.42 Å². The second-order valence-corrected chi connectivity index (χ2v) is 5.63. The third kappa shape index (κ3) is 3.36. The summed E-state index contributed by atoms with van der Waals surface area (Å²) >= 11 is 0. The lowest BCUT2D eigenvalue weighted by molar-refractivity contribution is -0.119. The quantitative estimate of drug-likeness (QED) is 0.773. The molecule has 1 aromatic carbocycles. The molecule has 0 unspecified atom stereocenters. The second kappa shape index (κ2) is 5.45. The molecule has 1 heterocycles. The third-order valence-corrected chi connectivity index (χ3v) is 3.64. The molecule has 1 aliphatic heterocycles. The Morgan fingerprint density at radius 3 is 2.58 bits per heavy atom. The number of fused-ring (bicyclic) bond motifs is 1. The van der Waals surface area contributed by atoms with Crippen molar-refractivity contribution in [3.8, 4) is 11.5 Å². The standard InChI is InChI=1S/C11H14N2O5S/c1-8(14)12-13-19(15,16)9-3-4-10-11(7-9)18-6-2-5-17-10/h3-4,7,13H,2,5-6H2,1H3,(H,12,14). The van der Waals surface area contributed by atoms with E-state index in [9.17, 15) is 13.2 Å². The summed E-state index contributed by atoms with van der Waals surface area (Å²) in [4.78, 5) is 12.7. The van der Waals surface area contributed by atoms with Crippen LogP contribution in [0.3, 0.4) is 0 Å². The molecule has 19 heavy (non-hydrogen) atoms. The molecule has 0 aliphatic carbocycles. The highest BCUT2D eigenvalue weighted by atomic mass is 32.2. The first-order valence-corrected chi connectivity index (χ1v) is 7.15. The summed E-state index contributed by atoms with van der Waals surface area (Å²) < 4.78 is 34.6. The Labute approximate surface area is 110 Å². The van der Waals surface area contributed by atoms with Crippen LogP contribution in [0.5, 0.6) is 11.5 Å². The molecule has 0 bridgehead atoms. The SMILES string of the molecule is CC(=O)NNS(=O)(=O)c1ccc2c(c1)OCCCO2. The van der Waals surface area contributed by atoms with Crippen molar-refractivity contribution in [2.24, 2.45) is 0 Å². The van der Waals surface area contributed by atoms with Crippen molar-refractivity contribution in [2.75, 3.05) is 13.2 Å². The van der Waals surface area contributed by atoms with Gasteiger partial charge in [0.05, 0.1) is 18.1 Å². The van der Waals surface area contributed by atoms with Crippen molar-refractivity contribution in [1.82, 2.24) is 10.3 Å². The van der Waals surface area contributed by atoms with E-state index in [1.165, 1.54) is 25.1 Å². The molecular formula is C11H14N2O5S. The number of hydrogen-bond donors (Lipinski definition) is 2. The predicted molar refractivity (Wildman–Crippen MR) is 66.2 cm³/mol. The van der Waals surface area contributed by atoms with E-state index >= 15 is 0 Å². The van der Waals surface area contributed by atoms with E-state index in [0.717, 1.165) is 6.42 Å². The highest BCUT2D eigenvalue weighted by Gasteiger charge is 2.18. The molecule has 0 fully saturated rings. The van der Waals surface area contributed by atoms with Gasteiger partial charge in [-0.15, -0.1) is 4.83 Å². The highest BCUT2D eigenvalue weighted by Crippen LogP contribution is 2.31. The zero-order chi connectivity index (χ0) is 13.9. The Hall–Kier alpha value is -1.80. The van der Waals surface area contributed by atoms with Gasteiger partial charge in [-0.2, -0.15) is 0 Å². The third-order valence-electron chi connectivity index (χ3n) is 2.39. The minimum absolute atomic E-state index is 0.00880. The summed E-state index contributed by atoms with van der Waals surface area (Å²) in [6.45, 7) is 2.20. The topological polar surface area (TPSA) is 93.7 Å². The van der Waals surface area contributed by atoms with Gasteiger partial charge in [0.2, 0.25) is 5.91 Å². The Bertz CT molecular complexity index is 585. The van der Waals surface area contributed by atoms with E-state index in [1.54, 1.807) is 0 Å². The maximum atomic E-state index is 11.9. The van der Waals surface area contributed by atoms with E-state index in [1.807, 2.05) is 10.3 Å². The van der Waals surface area contributed by atoms with Gasteiger partial charge in [0.25, 0.3) is 10.0 Å². The smallest absolute Gasteiger partial charge is 0.257 e. The molecule has 0 saturated heterocycles. The van der Waals surface area contributed by atoms with E-state index < -0.39 is 15.9 Å². The van der Waals surface area contributed by atoms with E-state index in [-0.39, 0.29) is 4.90 Å². The van der Waals surface area contributed by atoms with Gasteiger partial charge in [0.15, 0.2) is 11.5 Å². The summed E-state index contributed by atoms with van der Waals surface area (Å²) in [6, 6.07) is 4.28. The first-order valence-electron chi connectivity index (χ1n) is 5.67. The minimum Gasteiger partial charge on any atom is -0.490 e. The molecule has 0 spiro atoms. The molecule has 1 aromatic rings. The number of carbonyl (C=O) groups excluding carboxylic acids is 1. The van der Waals surface area contributed by atoms with Crippen LogP contribution >= 0.6 is 0 Å². The number of nitrogens with one attached hydrogen (secondary N) is 2. The molecule has 8 heteroatoms. The maximum absolute atomic E-state index is 11.9. The van der Waals surface area contributed by atoms with Crippen LogP contribution in [-0.4, -0.2) is 27.5 Å². The van der Waals surface area contributed by atoms with Crippen molar-refractivity contribution in [3.05, 3.63) is 18.2 Å². The molecule has 104 valence electrons. The molecule has 0 radical (unpaired) electrons. The normalized spacial score (nSPS) is 14.6. The molecule has 0 saturated carbocycles. The number of ether oxygens (including phenoxy) is 2. The van der Waals surface area contributed by atoms with Crippen LogP contribution in [0.25, 0.3) is 0 Å². The zero-order valence-electron chi connectivity index (χ0n) is 10.3. The number of hydrogen-bond acceptors (Lipinski definition) is 5. The summed E-state index contributed by atoms with van der Waals surface area (Å²) in [6.07, 6.45) is 0.737. The Kier molecular flexibility index (Phi) is 3.91. The van der Waals surface area contributed by atoms with Crippen LogP contribution in [0.15, 0.2) is 23.1 Å². The molecular weight excluding hydrogens is 272 g/mol. The summed E-state index contributed by atoms with van der Waals surface area (Å²) in [5, 5.41) is 0. The van der Waals surface area contributed by atoms with E-state index in [2.05, 4.69) is 0 Å². The number of benzene rings is 1. The average Bonchev–Trinajstić information content (AvgIpc) is 2.60. The molecule has 7 nitrogen and oxygen atoms in total. The van der Waals surface area contributed by atoms with Crippen molar-refractivity contribution >= 4 is 15.9 Å². The van der Waals surface area contributed by atoms with Gasteiger partial charge in [-0.1, -0.05) is 0 Å². The van der Waals surface area contributed by atoms with Gasteiger partial charge >= 0.3 is 0 Å². The fourth-order valence-electron chi connectivity index (χ4n) is 1.51. The highest BCUT2D eigenvalue weighted by molar-refractivity contribution is 7.89. The lowest BCUT2D eigenvalue weighted by atomic mass is 10.3. The van der Waals surface area contributed by atoms with Crippen molar-refractivity contribution in [3.63, 3.8) is 0 Å². The first kappa shape index (κ1) is 13.6. The first-order chi connectivity index (χ1) is 8.99. The molecule has 2 N–H and O–H groups in total. The van der Waals surface area contributed by atoms with Gasteiger partial charge in [0, 0.05) is 19.4 Å². The summed E-state index contributed by atoms with van der Waals surface area (Å²) in [5.41, 5.74) is 2.03. The lowest BCUT2D eigenvalue weighted by Gasteiger charge is -2.10. The van der Waals surface area contributed by atoms with Gasteiger partial charge in [-0.3, -0.25) is 10.2 Å². The van der Waals surface area contributed by atoms with Crippen LogP contribution in [0.4, 0.5) is 0 Å². The molecule has 2 rings (SSSR count). The average molecular weight is 286 g/mol. The van der Waals surface area contributed by atoms with Gasteiger partial charge < -0.3 is 9.47 Å². The second-order valence-electron chi connectivity index (χ2n) is 3.95. The largest absolute Gasteiger partial charge is 0.490 e. The van der Waals surface area contributed by atoms with Gasteiger partial charge in [0.1, 0.15) is 0 Å². The Morgan fingerprint density at radius 2 is 1.89 bits per heavy atom. The van der Waals surface area contributed by atoms with Crippen molar-refractivity contribution in [2.45, 2.75) is 18.2 Å². The van der Waals surface area contributed by atoms with Crippen LogP contribution in [0, 0.1) is 0 Å². The monoisotopic (exact) mass is 286 g/mol. The van der Waals surface area contributed by atoms with Gasteiger partial charge in [-0.05, 0) is 12.1 Å². The predicted octanol–water partition coefficient (Wildman–Crippen LogP) is 0.177. The maximum Gasteiger partial charge on any atom is 0.257 e. The number of amides is 1. The van der Waals surface area contributed by atoms with Crippen molar-refractivity contribution < 1.29 is 22.7 Å². The molecule has 1 amide bonds. The zero-order valence-corrected chi connectivity index (χ0v) is 11.1. The van der Waals surface area contributed by atoms with Crippen LogP contribution in [-0.2, 0) is 14.8 Å². The number of sulfonamides is 1. The molecule has 0 atom stereocenters. The number of carbonyl (C=O) groups is 1. The summed E-state index contributed by atoms with van der Waals surface area (Å²) in [7, 11) is -3.82. The number of hydrazine groups is 1. The molecule has 1 aliphatic rings. The Balaban J connectivity index is 2.25. The van der Waals surface area contributed by atoms with Crippen LogP contribution in [0.2, 0.25) is 0 Å². The van der Waals surface area contributed by atoms with Crippen LogP contribution < -0.4 is 19.7 Å². The van der Waals surface area contributed by atoms with E-state index in [0.29, 0.717) is 24.7 Å². The summed E-state index contributed by atoms with van der Waals surface area (Å²) in [5.74, 6) is 0.386. The molecule has 0 aromatic heterocycles. The lowest BCUT2D eigenvalue weighted by Crippen LogP contribution is -2.40. The van der Waals surface area contributed by atoms with Crippen LogP contribution in [0.1, 0.15) is 13.3 Å².